The largest absolute Gasteiger partial charge is 0.397 e. The summed E-state index contributed by atoms with van der Waals surface area (Å²) in [5.41, 5.74) is 7.47. The molecular formula is C14H13BrFN3O. The Balaban J connectivity index is 2.35. The van der Waals surface area contributed by atoms with Gasteiger partial charge in [0, 0.05) is 17.1 Å². The second kappa shape index (κ2) is 5.92. The summed E-state index contributed by atoms with van der Waals surface area (Å²) in [7, 11) is 1.54. The van der Waals surface area contributed by atoms with Crippen LogP contribution in [0.2, 0.25) is 0 Å². The number of nitrogens with two attached hydrogens (primary N) is 1. The van der Waals surface area contributed by atoms with Crippen LogP contribution in [0.25, 0.3) is 0 Å². The Morgan fingerprint density at radius 1 is 1.20 bits per heavy atom. The number of amides is 1. The third-order valence-corrected chi connectivity index (χ3v) is 3.24. The van der Waals surface area contributed by atoms with Crippen molar-refractivity contribution in [1.82, 2.24) is 5.32 Å². The van der Waals surface area contributed by atoms with Crippen LogP contribution < -0.4 is 16.4 Å². The van der Waals surface area contributed by atoms with Crippen LogP contribution in [0.5, 0.6) is 0 Å². The smallest absolute Gasteiger partial charge is 0.251 e. The maximum Gasteiger partial charge on any atom is 0.251 e. The van der Waals surface area contributed by atoms with Crippen LogP contribution in [0.15, 0.2) is 40.9 Å². The Morgan fingerprint density at radius 3 is 2.60 bits per heavy atom. The van der Waals surface area contributed by atoms with Crippen molar-refractivity contribution in [2.45, 2.75) is 0 Å². The molecule has 0 radical (unpaired) electrons. The van der Waals surface area contributed by atoms with Crippen molar-refractivity contribution in [2.75, 3.05) is 18.1 Å². The molecule has 0 aliphatic heterocycles. The van der Waals surface area contributed by atoms with Crippen LogP contribution >= 0.6 is 15.9 Å². The summed E-state index contributed by atoms with van der Waals surface area (Å²) < 4.78 is 14.4. The highest BCUT2D eigenvalue weighted by molar-refractivity contribution is 9.10. The lowest BCUT2D eigenvalue weighted by Gasteiger charge is -2.12. The molecule has 0 aromatic heterocycles. The van der Waals surface area contributed by atoms with Gasteiger partial charge in [0.2, 0.25) is 0 Å². The van der Waals surface area contributed by atoms with Crippen molar-refractivity contribution < 1.29 is 9.18 Å². The molecule has 4 nitrogen and oxygen atoms in total. The minimum absolute atomic E-state index is 0.232. The molecule has 2 rings (SSSR count). The van der Waals surface area contributed by atoms with Gasteiger partial charge in [-0.05, 0) is 36.4 Å². The van der Waals surface area contributed by atoms with Gasteiger partial charge in [-0.1, -0.05) is 15.9 Å². The number of carbonyl (C=O) groups is 1. The van der Waals surface area contributed by atoms with Gasteiger partial charge in [0.25, 0.3) is 5.91 Å². The van der Waals surface area contributed by atoms with E-state index in [-0.39, 0.29) is 11.6 Å². The molecular weight excluding hydrogens is 325 g/mol. The Bertz CT molecular complexity index is 661. The number of benzene rings is 2. The van der Waals surface area contributed by atoms with E-state index in [1.807, 2.05) is 0 Å². The summed E-state index contributed by atoms with van der Waals surface area (Å²) >= 11 is 3.19. The first-order valence-electron chi connectivity index (χ1n) is 5.85. The maximum absolute atomic E-state index is 13.8. The number of nitrogens with one attached hydrogen (secondary N) is 2. The predicted octanol–water partition coefficient (Wildman–Crippen LogP) is 3.27. The number of hydrogen-bond acceptors (Lipinski definition) is 3. The Morgan fingerprint density at radius 2 is 1.95 bits per heavy atom. The monoisotopic (exact) mass is 337 g/mol. The third kappa shape index (κ3) is 3.08. The van der Waals surface area contributed by atoms with Crippen LogP contribution in [0.3, 0.4) is 0 Å². The molecule has 4 N–H and O–H groups in total. The van der Waals surface area contributed by atoms with Crippen molar-refractivity contribution in [1.29, 1.82) is 0 Å². The van der Waals surface area contributed by atoms with E-state index < -0.39 is 5.82 Å². The van der Waals surface area contributed by atoms with Crippen molar-refractivity contribution in [2.24, 2.45) is 0 Å². The number of hydrogen-bond donors (Lipinski definition) is 3. The second-order valence-electron chi connectivity index (χ2n) is 4.13. The minimum atomic E-state index is -0.413. The lowest BCUT2D eigenvalue weighted by Crippen LogP contribution is -2.18. The summed E-state index contributed by atoms with van der Waals surface area (Å²) in [6.45, 7) is 0. The number of rotatable bonds is 3. The van der Waals surface area contributed by atoms with Gasteiger partial charge in [-0.25, -0.2) is 4.39 Å². The summed E-state index contributed by atoms with van der Waals surface area (Å²) in [4.78, 5) is 11.6. The van der Waals surface area contributed by atoms with Gasteiger partial charge < -0.3 is 16.4 Å². The van der Waals surface area contributed by atoms with Crippen LogP contribution in [-0.2, 0) is 0 Å². The first-order chi connectivity index (χ1) is 9.51. The van der Waals surface area contributed by atoms with E-state index in [0.29, 0.717) is 21.4 Å². The lowest BCUT2D eigenvalue weighted by molar-refractivity contribution is 0.0963. The Kier molecular flexibility index (Phi) is 4.24. The zero-order valence-electron chi connectivity index (χ0n) is 10.7. The quantitative estimate of drug-likeness (QED) is 0.753. The van der Waals surface area contributed by atoms with Crippen molar-refractivity contribution in [3.05, 3.63) is 52.3 Å². The number of anilines is 3. The van der Waals surface area contributed by atoms with Crippen molar-refractivity contribution in [3.63, 3.8) is 0 Å². The maximum atomic E-state index is 13.8. The number of carbonyl (C=O) groups excluding carboxylic acids is 1. The number of nitrogen functional groups attached to an aromatic ring is 1. The van der Waals surface area contributed by atoms with Gasteiger partial charge >= 0.3 is 0 Å². The summed E-state index contributed by atoms with van der Waals surface area (Å²) in [5.74, 6) is -0.645. The molecule has 0 saturated heterocycles. The zero-order chi connectivity index (χ0) is 14.7. The molecule has 0 atom stereocenters. The van der Waals surface area contributed by atoms with Gasteiger partial charge in [-0.15, -0.1) is 0 Å². The zero-order valence-corrected chi connectivity index (χ0v) is 12.3. The molecule has 0 spiro atoms. The molecule has 0 saturated carbocycles. The normalized spacial score (nSPS) is 10.2. The molecule has 2 aromatic rings. The molecule has 0 heterocycles. The standard InChI is InChI=1S/C14H13BrFN3O/c1-18-14(20)8-2-4-11(17)13(6-8)19-12-5-3-9(15)7-10(12)16/h2-7,19H,17H2,1H3,(H,18,20). The molecule has 20 heavy (non-hydrogen) atoms. The average Bonchev–Trinajstić information content (AvgIpc) is 2.43. The molecule has 0 fully saturated rings. The van der Waals surface area contributed by atoms with Crippen molar-refractivity contribution >= 4 is 38.9 Å². The average molecular weight is 338 g/mol. The lowest BCUT2D eigenvalue weighted by atomic mass is 10.1. The van der Waals surface area contributed by atoms with E-state index in [0.717, 1.165) is 0 Å². The fourth-order valence-electron chi connectivity index (χ4n) is 1.69. The van der Waals surface area contributed by atoms with Gasteiger partial charge in [0.1, 0.15) is 5.82 Å². The van der Waals surface area contributed by atoms with Gasteiger partial charge in [-0.3, -0.25) is 4.79 Å². The Labute approximate surface area is 124 Å². The molecule has 2 aromatic carbocycles. The van der Waals surface area contributed by atoms with Crippen LogP contribution in [-0.4, -0.2) is 13.0 Å². The van der Waals surface area contributed by atoms with E-state index in [9.17, 15) is 9.18 Å². The van der Waals surface area contributed by atoms with Gasteiger partial charge in [-0.2, -0.15) is 0 Å². The van der Waals surface area contributed by atoms with Crippen LogP contribution in [0.4, 0.5) is 21.5 Å². The Hall–Kier alpha value is -2.08. The molecule has 0 aliphatic carbocycles. The molecule has 6 heteroatoms. The first kappa shape index (κ1) is 14.3. The molecule has 104 valence electrons. The van der Waals surface area contributed by atoms with E-state index in [2.05, 4.69) is 26.6 Å². The number of halogens is 2. The highest BCUT2D eigenvalue weighted by Crippen LogP contribution is 2.27. The summed E-state index contributed by atoms with van der Waals surface area (Å²) in [5, 5.41) is 5.41. The third-order valence-electron chi connectivity index (χ3n) is 2.74. The van der Waals surface area contributed by atoms with E-state index in [1.165, 1.54) is 6.07 Å². The fraction of sp³-hybridized carbons (Fsp3) is 0.0714. The molecule has 0 aliphatic rings. The minimum Gasteiger partial charge on any atom is -0.397 e. The van der Waals surface area contributed by atoms with E-state index >= 15 is 0 Å². The van der Waals surface area contributed by atoms with Gasteiger partial charge in [0.05, 0.1) is 17.1 Å². The second-order valence-corrected chi connectivity index (χ2v) is 5.05. The highest BCUT2D eigenvalue weighted by Gasteiger charge is 2.09. The fourth-order valence-corrected chi connectivity index (χ4v) is 2.02. The summed E-state index contributed by atoms with van der Waals surface area (Å²) in [6.07, 6.45) is 0. The van der Waals surface area contributed by atoms with Gasteiger partial charge in [0.15, 0.2) is 0 Å². The summed E-state index contributed by atoms with van der Waals surface area (Å²) in [6, 6.07) is 9.44. The van der Waals surface area contributed by atoms with Crippen molar-refractivity contribution in [3.8, 4) is 0 Å². The van der Waals surface area contributed by atoms with Crippen LogP contribution in [0.1, 0.15) is 10.4 Å². The van der Waals surface area contributed by atoms with E-state index in [4.69, 9.17) is 5.73 Å². The van der Waals surface area contributed by atoms with E-state index in [1.54, 1.807) is 37.4 Å². The molecule has 0 unspecified atom stereocenters. The highest BCUT2D eigenvalue weighted by atomic mass is 79.9. The van der Waals surface area contributed by atoms with Crippen LogP contribution in [0, 0.1) is 5.82 Å². The molecule has 1 amide bonds. The predicted molar refractivity (Wildman–Crippen MR) is 81.6 cm³/mol. The first-order valence-corrected chi connectivity index (χ1v) is 6.64. The SMILES string of the molecule is CNC(=O)c1ccc(N)c(Nc2ccc(Br)cc2F)c1. The molecule has 0 bridgehead atoms. The topological polar surface area (TPSA) is 67.2 Å².